The van der Waals surface area contributed by atoms with Crippen LogP contribution in [0.25, 0.3) is 0 Å². The Kier molecular flexibility index (Phi) is 7.03. The number of ether oxygens (including phenoxy) is 3. The Hall–Kier alpha value is -2.08. The molecule has 1 heterocycles. The molecule has 1 amide bonds. The number of esters is 1. The maximum Gasteiger partial charge on any atom is 0.410 e. The lowest BCUT2D eigenvalue weighted by Gasteiger charge is -2.30. The Morgan fingerprint density at radius 1 is 1.19 bits per heavy atom. The Bertz CT molecular complexity index is 596. The van der Waals surface area contributed by atoms with Gasteiger partial charge in [0.2, 0.25) is 0 Å². The molecule has 26 heavy (non-hydrogen) atoms. The van der Waals surface area contributed by atoms with E-state index in [9.17, 15) is 9.59 Å². The molecule has 1 saturated heterocycles. The molecule has 6 nitrogen and oxygen atoms in total. The molecule has 2 rings (SSSR count). The molecular weight excluding hydrogens is 334 g/mol. The van der Waals surface area contributed by atoms with Gasteiger partial charge < -0.3 is 19.1 Å². The van der Waals surface area contributed by atoms with Gasteiger partial charge in [0.15, 0.2) is 0 Å². The Balaban J connectivity index is 1.95. The van der Waals surface area contributed by atoms with Crippen LogP contribution in [0.4, 0.5) is 4.79 Å². The predicted molar refractivity (Wildman–Crippen MR) is 97.6 cm³/mol. The first-order valence-electron chi connectivity index (χ1n) is 9.01. The second kappa shape index (κ2) is 9.03. The van der Waals surface area contributed by atoms with Crippen LogP contribution in [-0.4, -0.2) is 48.9 Å². The summed E-state index contributed by atoms with van der Waals surface area (Å²) in [5.74, 6) is -0.628. The highest BCUT2D eigenvalue weighted by molar-refractivity contribution is 5.76. The molecule has 0 aliphatic carbocycles. The van der Waals surface area contributed by atoms with E-state index in [1.54, 1.807) is 4.90 Å². The van der Waals surface area contributed by atoms with E-state index in [0.717, 1.165) is 5.56 Å². The second-order valence-electron chi connectivity index (χ2n) is 7.49. The number of likely N-dealkylation sites (tertiary alicyclic amines) is 1. The monoisotopic (exact) mass is 363 g/mol. The molecule has 0 unspecified atom stereocenters. The third-order valence-electron chi connectivity index (χ3n) is 4.35. The number of carbonyl (C=O) groups is 2. The fourth-order valence-electron chi connectivity index (χ4n) is 3.15. The highest BCUT2D eigenvalue weighted by Gasteiger charge is 2.42. The number of benzene rings is 1. The lowest BCUT2D eigenvalue weighted by molar-refractivity contribution is -0.146. The van der Waals surface area contributed by atoms with Crippen molar-refractivity contribution in [2.24, 2.45) is 5.92 Å². The molecule has 1 aliphatic heterocycles. The summed E-state index contributed by atoms with van der Waals surface area (Å²) in [5.41, 5.74) is 0.516. The van der Waals surface area contributed by atoms with E-state index in [-0.39, 0.29) is 17.9 Å². The molecule has 0 aromatic heterocycles. The van der Waals surface area contributed by atoms with E-state index >= 15 is 0 Å². The molecule has 1 fully saturated rings. The minimum absolute atomic E-state index is 0.270. The van der Waals surface area contributed by atoms with Gasteiger partial charge in [0.05, 0.1) is 25.7 Å². The SMILES string of the molecule is COC(=O)[C@H]1CCN(C(=O)OC(C)(C)C)[C@@H]1CCOCc1ccccc1. The zero-order chi connectivity index (χ0) is 19.2. The summed E-state index contributed by atoms with van der Waals surface area (Å²) in [5, 5.41) is 0. The Morgan fingerprint density at radius 3 is 2.50 bits per heavy atom. The van der Waals surface area contributed by atoms with Gasteiger partial charge in [-0.15, -0.1) is 0 Å². The van der Waals surface area contributed by atoms with Crippen LogP contribution in [0.3, 0.4) is 0 Å². The molecule has 1 aliphatic rings. The summed E-state index contributed by atoms with van der Waals surface area (Å²) in [6.07, 6.45) is 0.748. The van der Waals surface area contributed by atoms with E-state index in [1.807, 2.05) is 51.1 Å². The number of hydrogen-bond acceptors (Lipinski definition) is 5. The first-order valence-corrected chi connectivity index (χ1v) is 9.01. The molecule has 0 N–H and O–H groups in total. The van der Waals surface area contributed by atoms with Gasteiger partial charge in [0.25, 0.3) is 0 Å². The van der Waals surface area contributed by atoms with E-state index in [2.05, 4.69) is 0 Å². The van der Waals surface area contributed by atoms with Gasteiger partial charge >= 0.3 is 12.1 Å². The van der Waals surface area contributed by atoms with Gasteiger partial charge in [0.1, 0.15) is 5.60 Å². The molecule has 1 aromatic rings. The summed E-state index contributed by atoms with van der Waals surface area (Å²) in [7, 11) is 1.38. The van der Waals surface area contributed by atoms with Crippen LogP contribution in [0.2, 0.25) is 0 Å². The molecule has 2 atom stereocenters. The molecule has 144 valence electrons. The fourth-order valence-corrected chi connectivity index (χ4v) is 3.15. The van der Waals surface area contributed by atoms with Crippen molar-refractivity contribution in [3.05, 3.63) is 35.9 Å². The van der Waals surface area contributed by atoms with Crippen LogP contribution in [0, 0.1) is 5.92 Å². The average Bonchev–Trinajstić information content (AvgIpc) is 3.01. The van der Waals surface area contributed by atoms with Crippen LogP contribution in [0.5, 0.6) is 0 Å². The van der Waals surface area contributed by atoms with Gasteiger partial charge in [-0.2, -0.15) is 0 Å². The number of rotatable bonds is 6. The topological polar surface area (TPSA) is 65.1 Å². The van der Waals surface area contributed by atoms with Crippen molar-refractivity contribution in [2.75, 3.05) is 20.3 Å². The van der Waals surface area contributed by atoms with Crippen LogP contribution < -0.4 is 0 Å². The number of methoxy groups -OCH3 is 1. The molecule has 6 heteroatoms. The smallest absolute Gasteiger partial charge is 0.410 e. The quantitative estimate of drug-likeness (QED) is 0.572. The zero-order valence-corrected chi connectivity index (χ0v) is 16.1. The van der Waals surface area contributed by atoms with Crippen LogP contribution in [0.1, 0.15) is 39.2 Å². The highest BCUT2D eigenvalue weighted by Crippen LogP contribution is 2.29. The molecule has 1 aromatic carbocycles. The van der Waals surface area contributed by atoms with Crippen molar-refractivity contribution in [1.82, 2.24) is 4.90 Å². The molecule has 0 bridgehead atoms. The number of carbonyl (C=O) groups excluding carboxylic acids is 2. The normalized spacial score (nSPS) is 20.1. The van der Waals surface area contributed by atoms with E-state index in [1.165, 1.54) is 7.11 Å². The minimum atomic E-state index is -0.575. The number of nitrogens with zero attached hydrogens (tertiary/aromatic N) is 1. The lowest BCUT2D eigenvalue weighted by atomic mass is 9.98. The van der Waals surface area contributed by atoms with Crippen molar-refractivity contribution in [2.45, 2.75) is 51.9 Å². The average molecular weight is 363 g/mol. The van der Waals surface area contributed by atoms with Crippen LogP contribution in [0.15, 0.2) is 30.3 Å². The van der Waals surface area contributed by atoms with Gasteiger partial charge in [0, 0.05) is 13.2 Å². The Labute approximate surface area is 155 Å². The van der Waals surface area contributed by atoms with Crippen molar-refractivity contribution in [3.8, 4) is 0 Å². The summed E-state index contributed by atoms with van der Waals surface area (Å²) in [4.78, 5) is 26.2. The standard InChI is InChI=1S/C20H29NO5/c1-20(2,3)26-19(23)21-12-10-16(18(22)24-4)17(21)11-13-25-14-15-8-6-5-7-9-15/h5-9,16-17H,10-14H2,1-4H3/t16-,17+/m0/s1. The summed E-state index contributed by atoms with van der Waals surface area (Å²) >= 11 is 0. The van der Waals surface area contributed by atoms with Gasteiger partial charge in [-0.05, 0) is 39.2 Å². The number of hydrogen-bond donors (Lipinski definition) is 0. The largest absolute Gasteiger partial charge is 0.469 e. The first kappa shape index (κ1) is 20.2. The van der Waals surface area contributed by atoms with Crippen molar-refractivity contribution in [1.29, 1.82) is 0 Å². The molecular formula is C20H29NO5. The van der Waals surface area contributed by atoms with Gasteiger partial charge in [-0.25, -0.2) is 4.79 Å². The summed E-state index contributed by atoms with van der Waals surface area (Å²) in [6.45, 7) is 6.93. The van der Waals surface area contributed by atoms with Crippen LogP contribution >= 0.6 is 0 Å². The van der Waals surface area contributed by atoms with Gasteiger partial charge in [-0.3, -0.25) is 4.79 Å². The van der Waals surface area contributed by atoms with E-state index in [0.29, 0.717) is 32.6 Å². The predicted octanol–water partition coefficient (Wildman–Crippen LogP) is 3.39. The minimum Gasteiger partial charge on any atom is -0.469 e. The van der Waals surface area contributed by atoms with E-state index < -0.39 is 11.7 Å². The zero-order valence-electron chi connectivity index (χ0n) is 16.1. The lowest BCUT2D eigenvalue weighted by Crippen LogP contribution is -2.43. The van der Waals surface area contributed by atoms with Crippen molar-refractivity contribution < 1.29 is 23.8 Å². The third kappa shape index (κ3) is 5.73. The number of amides is 1. The molecule has 0 spiro atoms. The Morgan fingerprint density at radius 2 is 1.88 bits per heavy atom. The van der Waals surface area contributed by atoms with E-state index in [4.69, 9.17) is 14.2 Å². The fraction of sp³-hybridized carbons (Fsp3) is 0.600. The third-order valence-corrected chi connectivity index (χ3v) is 4.35. The molecule has 0 radical (unpaired) electrons. The van der Waals surface area contributed by atoms with Gasteiger partial charge in [-0.1, -0.05) is 30.3 Å². The summed E-state index contributed by atoms with van der Waals surface area (Å²) in [6, 6.07) is 9.62. The maximum atomic E-state index is 12.5. The maximum absolute atomic E-state index is 12.5. The first-order chi connectivity index (χ1) is 12.3. The summed E-state index contributed by atoms with van der Waals surface area (Å²) < 4.78 is 16.1. The second-order valence-corrected chi connectivity index (χ2v) is 7.49. The van der Waals surface area contributed by atoms with Crippen molar-refractivity contribution in [3.63, 3.8) is 0 Å². The molecule has 0 saturated carbocycles. The van der Waals surface area contributed by atoms with Crippen molar-refractivity contribution >= 4 is 12.1 Å². The van der Waals surface area contributed by atoms with Crippen LogP contribution in [-0.2, 0) is 25.6 Å². The highest BCUT2D eigenvalue weighted by atomic mass is 16.6.